The molecule has 0 spiro atoms. The van der Waals surface area contributed by atoms with Gasteiger partial charge in [-0.1, -0.05) is 32.9 Å². The van der Waals surface area contributed by atoms with Crippen LogP contribution in [0.4, 0.5) is 0 Å². The monoisotopic (exact) mass is 370 g/mol. The molecule has 104 valence electrons. The van der Waals surface area contributed by atoms with Crippen LogP contribution >= 0.6 is 22.6 Å². The highest BCUT2D eigenvalue weighted by atomic mass is 127. The molecule has 0 aromatic heterocycles. The first-order chi connectivity index (χ1) is 8.93. The van der Waals surface area contributed by atoms with Crippen molar-refractivity contribution in [2.24, 2.45) is 16.7 Å². The van der Waals surface area contributed by atoms with Gasteiger partial charge in [-0.25, -0.2) is 0 Å². The SMILES string of the molecule is CC1(C)C2CCC1(C)C(OCc1ccc(I)cc1)C2. The second-order valence-electron chi connectivity index (χ2n) is 7.04. The zero-order valence-corrected chi connectivity index (χ0v) is 14.2. The lowest BCUT2D eigenvalue weighted by atomic mass is 9.70. The Labute approximate surface area is 130 Å². The van der Waals surface area contributed by atoms with E-state index in [0.29, 0.717) is 16.9 Å². The molecule has 2 fully saturated rings. The average molecular weight is 370 g/mol. The zero-order valence-electron chi connectivity index (χ0n) is 12.1. The van der Waals surface area contributed by atoms with Gasteiger partial charge in [0.05, 0.1) is 12.7 Å². The van der Waals surface area contributed by atoms with Crippen LogP contribution in [0.25, 0.3) is 0 Å². The minimum atomic E-state index is 0.376. The molecule has 0 heterocycles. The highest BCUT2D eigenvalue weighted by molar-refractivity contribution is 14.1. The van der Waals surface area contributed by atoms with Crippen LogP contribution in [0.5, 0.6) is 0 Å². The first-order valence-corrected chi connectivity index (χ1v) is 8.37. The number of hydrogen-bond donors (Lipinski definition) is 0. The summed E-state index contributed by atoms with van der Waals surface area (Å²) < 4.78 is 7.59. The van der Waals surface area contributed by atoms with Gasteiger partial charge in [-0.05, 0) is 76.3 Å². The van der Waals surface area contributed by atoms with E-state index in [1.54, 1.807) is 0 Å². The molecule has 1 aromatic carbocycles. The van der Waals surface area contributed by atoms with E-state index < -0.39 is 0 Å². The van der Waals surface area contributed by atoms with Gasteiger partial charge in [0.25, 0.3) is 0 Å². The van der Waals surface area contributed by atoms with E-state index in [9.17, 15) is 0 Å². The maximum absolute atomic E-state index is 6.30. The van der Waals surface area contributed by atoms with E-state index >= 15 is 0 Å². The lowest BCUT2D eigenvalue weighted by Gasteiger charge is -2.38. The van der Waals surface area contributed by atoms with Crippen LogP contribution < -0.4 is 0 Å². The normalized spacial score (nSPS) is 35.8. The Balaban J connectivity index is 1.67. The second-order valence-corrected chi connectivity index (χ2v) is 8.28. The van der Waals surface area contributed by atoms with E-state index in [1.165, 1.54) is 28.4 Å². The zero-order chi connectivity index (χ0) is 13.7. The Morgan fingerprint density at radius 2 is 1.89 bits per heavy atom. The summed E-state index contributed by atoms with van der Waals surface area (Å²) in [6, 6.07) is 8.68. The fourth-order valence-electron chi connectivity index (χ4n) is 4.16. The molecular weight excluding hydrogens is 347 g/mol. The third-order valence-electron chi connectivity index (χ3n) is 6.08. The molecule has 2 aliphatic rings. The smallest absolute Gasteiger partial charge is 0.0720 e. The second kappa shape index (κ2) is 4.73. The fraction of sp³-hybridized carbons (Fsp3) is 0.647. The molecule has 0 radical (unpaired) electrons. The lowest BCUT2D eigenvalue weighted by Crippen LogP contribution is -2.37. The van der Waals surface area contributed by atoms with Gasteiger partial charge < -0.3 is 4.74 Å². The van der Waals surface area contributed by atoms with Gasteiger partial charge in [0.15, 0.2) is 0 Å². The van der Waals surface area contributed by atoms with E-state index in [1.807, 2.05) is 0 Å². The van der Waals surface area contributed by atoms with Crippen LogP contribution in [0, 0.1) is 20.3 Å². The maximum atomic E-state index is 6.30. The molecule has 0 saturated heterocycles. The third-order valence-corrected chi connectivity index (χ3v) is 6.80. The van der Waals surface area contributed by atoms with E-state index in [4.69, 9.17) is 4.74 Å². The molecule has 2 aliphatic carbocycles. The van der Waals surface area contributed by atoms with Crippen molar-refractivity contribution in [2.45, 2.75) is 52.7 Å². The van der Waals surface area contributed by atoms with Gasteiger partial charge in [0.1, 0.15) is 0 Å². The van der Waals surface area contributed by atoms with Crippen molar-refractivity contribution >= 4 is 22.6 Å². The topological polar surface area (TPSA) is 9.23 Å². The Morgan fingerprint density at radius 1 is 1.21 bits per heavy atom. The molecule has 2 saturated carbocycles. The molecule has 0 N–H and O–H groups in total. The van der Waals surface area contributed by atoms with Crippen LogP contribution in [0.2, 0.25) is 0 Å². The largest absolute Gasteiger partial charge is 0.373 e. The van der Waals surface area contributed by atoms with Crippen molar-refractivity contribution in [3.8, 4) is 0 Å². The van der Waals surface area contributed by atoms with Gasteiger partial charge in [0.2, 0.25) is 0 Å². The average Bonchev–Trinajstić information content (AvgIpc) is 2.71. The van der Waals surface area contributed by atoms with Gasteiger partial charge in [0, 0.05) is 3.57 Å². The Morgan fingerprint density at radius 3 is 2.42 bits per heavy atom. The number of halogens is 1. The van der Waals surface area contributed by atoms with Crippen molar-refractivity contribution in [2.75, 3.05) is 0 Å². The molecule has 1 aromatic rings. The highest BCUT2D eigenvalue weighted by Gasteiger charge is 2.61. The molecule has 0 aliphatic heterocycles. The first-order valence-electron chi connectivity index (χ1n) is 7.29. The number of hydrogen-bond acceptors (Lipinski definition) is 1. The van der Waals surface area contributed by atoms with Crippen molar-refractivity contribution < 1.29 is 4.74 Å². The van der Waals surface area contributed by atoms with Crippen LogP contribution in [0.1, 0.15) is 45.6 Å². The van der Waals surface area contributed by atoms with E-state index in [0.717, 1.165) is 12.5 Å². The maximum Gasteiger partial charge on any atom is 0.0720 e. The molecule has 3 unspecified atom stereocenters. The van der Waals surface area contributed by atoms with Crippen LogP contribution in [-0.2, 0) is 11.3 Å². The number of ether oxygens (including phenoxy) is 1. The van der Waals surface area contributed by atoms with E-state index in [-0.39, 0.29) is 0 Å². The molecule has 3 atom stereocenters. The molecule has 1 nitrogen and oxygen atoms in total. The van der Waals surface area contributed by atoms with Gasteiger partial charge in [-0.2, -0.15) is 0 Å². The molecular formula is C17H23IO. The van der Waals surface area contributed by atoms with Crippen molar-refractivity contribution in [1.82, 2.24) is 0 Å². The Kier molecular flexibility index (Phi) is 3.45. The summed E-state index contributed by atoms with van der Waals surface area (Å²) in [5.74, 6) is 0.860. The molecule has 3 rings (SSSR count). The van der Waals surface area contributed by atoms with Crippen LogP contribution in [-0.4, -0.2) is 6.10 Å². The quantitative estimate of drug-likeness (QED) is 0.679. The van der Waals surface area contributed by atoms with E-state index in [2.05, 4.69) is 67.6 Å². The van der Waals surface area contributed by atoms with Crippen LogP contribution in [0.3, 0.4) is 0 Å². The summed E-state index contributed by atoms with van der Waals surface area (Å²) in [6.07, 6.45) is 4.43. The first kappa shape index (κ1) is 13.9. The number of fused-ring (bicyclic) bond motifs is 2. The molecule has 19 heavy (non-hydrogen) atoms. The summed E-state index contributed by atoms with van der Waals surface area (Å²) in [5, 5.41) is 0. The number of rotatable bonds is 3. The molecule has 0 amide bonds. The third kappa shape index (κ3) is 2.15. The summed E-state index contributed by atoms with van der Waals surface area (Å²) in [4.78, 5) is 0. The number of benzene rings is 1. The summed E-state index contributed by atoms with van der Waals surface area (Å²) in [7, 11) is 0. The minimum Gasteiger partial charge on any atom is -0.373 e. The van der Waals surface area contributed by atoms with Crippen molar-refractivity contribution in [3.05, 3.63) is 33.4 Å². The van der Waals surface area contributed by atoms with Crippen molar-refractivity contribution in [3.63, 3.8) is 0 Å². The molecule has 2 bridgehead atoms. The predicted octanol–water partition coefficient (Wildman–Crippen LogP) is 5.02. The predicted molar refractivity (Wildman–Crippen MR) is 87.0 cm³/mol. The van der Waals surface area contributed by atoms with Gasteiger partial charge in [-0.15, -0.1) is 0 Å². The Hall–Kier alpha value is -0.0900. The van der Waals surface area contributed by atoms with Gasteiger partial charge >= 0.3 is 0 Å². The Bertz CT molecular complexity index is 465. The summed E-state index contributed by atoms with van der Waals surface area (Å²) >= 11 is 2.34. The standard InChI is InChI=1S/C17H23IO/c1-16(2)13-8-9-17(16,3)15(10-13)19-11-12-4-6-14(18)7-5-12/h4-7,13,15H,8-11H2,1-3H3. The lowest BCUT2D eigenvalue weighted by molar-refractivity contribution is -0.0550. The van der Waals surface area contributed by atoms with Crippen LogP contribution in [0.15, 0.2) is 24.3 Å². The minimum absolute atomic E-state index is 0.376. The highest BCUT2D eigenvalue weighted by Crippen LogP contribution is 2.66. The van der Waals surface area contributed by atoms with Crippen molar-refractivity contribution in [1.29, 1.82) is 0 Å². The van der Waals surface area contributed by atoms with Gasteiger partial charge in [-0.3, -0.25) is 0 Å². The molecule has 2 heteroatoms. The summed E-state index contributed by atoms with van der Waals surface area (Å²) in [6.45, 7) is 8.09. The summed E-state index contributed by atoms with van der Waals surface area (Å²) in [5.41, 5.74) is 2.12. The fourth-order valence-corrected chi connectivity index (χ4v) is 4.52.